The Bertz CT molecular complexity index is 427. The quantitative estimate of drug-likeness (QED) is 0.121. The van der Waals surface area contributed by atoms with Crippen molar-refractivity contribution in [3.05, 3.63) is 0 Å². The van der Waals surface area contributed by atoms with Crippen molar-refractivity contribution in [2.75, 3.05) is 45.9 Å². The number of piperidine rings is 1. The standard InChI is InChI=1S/C18H38N2O10/c21-8-13(25)17(29)15(27)11(23)6-20(5-10-1-3-19-4-2-10)7-12(24)16(28)18(30)14(26)9-22/h10-19,21-30H,1-9H2/t11-,12-,13+,14+,15+,16+,17+,18+/m0/s1. The second-order valence-electron chi connectivity index (χ2n) is 8.01. The normalized spacial score (nSPS) is 24.1. The van der Waals surface area contributed by atoms with Crippen LogP contribution in [-0.2, 0) is 0 Å². The van der Waals surface area contributed by atoms with Gasteiger partial charge in [-0.15, -0.1) is 0 Å². The minimum atomic E-state index is -1.79. The van der Waals surface area contributed by atoms with Gasteiger partial charge in [0.2, 0.25) is 0 Å². The number of nitrogens with one attached hydrogen (secondary N) is 1. The van der Waals surface area contributed by atoms with Crippen LogP contribution in [0.2, 0.25) is 0 Å². The first-order valence-corrected chi connectivity index (χ1v) is 10.2. The third-order valence-electron chi connectivity index (χ3n) is 5.52. The molecule has 0 spiro atoms. The van der Waals surface area contributed by atoms with E-state index in [9.17, 15) is 40.9 Å². The molecule has 8 atom stereocenters. The molecule has 12 nitrogen and oxygen atoms in total. The summed E-state index contributed by atoms with van der Waals surface area (Å²) in [7, 11) is 0. The molecule has 1 aliphatic rings. The van der Waals surface area contributed by atoms with Crippen LogP contribution in [-0.4, -0.2) is 151 Å². The monoisotopic (exact) mass is 442 g/mol. The number of nitrogens with zero attached hydrogens (tertiary/aromatic N) is 1. The van der Waals surface area contributed by atoms with Crippen LogP contribution in [0.1, 0.15) is 12.8 Å². The van der Waals surface area contributed by atoms with E-state index in [-0.39, 0.29) is 19.0 Å². The fourth-order valence-corrected chi connectivity index (χ4v) is 3.52. The maximum absolute atomic E-state index is 10.3. The largest absolute Gasteiger partial charge is 0.394 e. The number of rotatable bonds is 14. The molecule has 12 heteroatoms. The van der Waals surface area contributed by atoms with Crippen LogP contribution < -0.4 is 5.32 Å². The van der Waals surface area contributed by atoms with Crippen molar-refractivity contribution in [2.45, 2.75) is 61.7 Å². The van der Waals surface area contributed by atoms with Crippen molar-refractivity contribution in [3.63, 3.8) is 0 Å². The molecule has 0 radical (unpaired) electrons. The number of hydrogen-bond donors (Lipinski definition) is 11. The van der Waals surface area contributed by atoms with Gasteiger partial charge in [0.15, 0.2) is 0 Å². The Morgan fingerprint density at radius 1 is 0.633 bits per heavy atom. The molecular formula is C18H38N2O10. The van der Waals surface area contributed by atoms with Crippen molar-refractivity contribution in [1.29, 1.82) is 0 Å². The molecule has 30 heavy (non-hydrogen) atoms. The molecule has 11 N–H and O–H groups in total. The summed E-state index contributed by atoms with van der Waals surface area (Å²) in [5.41, 5.74) is 0. The first kappa shape index (κ1) is 27.6. The number of aliphatic hydroxyl groups is 10. The van der Waals surface area contributed by atoms with Gasteiger partial charge in [0.25, 0.3) is 0 Å². The second-order valence-corrected chi connectivity index (χ2v) is 8.01. The van der Waals surface area contributed by atoms with Gasteiger partial charge in [-0.2, -0.15) is 0 Å². The van der Waals surface area contributed by atoms with Crippen molar-refractivity contribution in [1.82, 2.24) is 10.2 Å². The highest BCUT2D eigenvalue weighted by Crippen LogP contribution is 2.17. The zero-order valence-corrected chi connectivity index (χ0v) is 17.0. The van der Waals surface area contributed by atoms with Gasteiger partial charge in [-0.3, -0.25) is 4.90 Å². The molecule has 1 heterocycles. The van der Waals surface area contributed by atoms with E-state index in [4.69, 9.17) is 10.2 Å². The van der Waals surface area contributed by atoms with Gasteiger partial charge in [0, 0.05) is 19.6 Å². The molecular weight excluding hydrogens is 404 g/mol. The summed E-state index contributed by atoms with van der Waals surface area (Å²) in [6.45, 7) is -0.118. The summed E-state index contributed by atoms with van der Waals surface area (Å²) in [5.74, 6) is 0.195. The van der Waals surface area contributed by atoms with Gasteiger partial charge >= 0.3 is 0 Å². The van der Waals surface area contributed by atoms with Crippen LogP contribution in [0.3, 0.4) is 0 Å². The van der Waals surface area contributed by atoms with Gasteiger partial charge in [-0.05, 0) is 31.8 Å². The molecule has 0 amide bonds. The minimum absolute atomic E-state index is 0.195. The van der Waals surface area contributed by atoms with E-state index in [1.807, 2.05) is 0 Å². The van der Waals surface area contributed by atoms with E-state index in [0.29, 0.717) is 6.54 Å². The van der Waals surface area contributed by atoms with Crippen LogP contribution in [0.15, 0.2) is 0 Å². The van der Waals surface area contributed by atoms with E-state index in [1.54, 1.807) is 4.90 Å². The van der Waals surface area contributed by atoms with E-state index in [0.717, 1.165) is 25.9 Å². The Kier molecular flexibility index (Phi) is 12.7. The zero-order chi connectivity index (χ0) is 22.8. The van der Waals surface area contributed by atoms with Crippen molar-refractivity contribution in [3.8, 4) is 0 Å². The second kappa shape index (κ2) is 13.8. The molecule has 0 aromatic rings. The summed E-state index contributed by atoms with van der Waals surface area (Å²) < 4.78 is 0. The Hall–Kier alpha value is -0.480. The molecule has 1 aliphatic heterocycles. The lowest BCUT2D eigenvalue weighted by atomic mass is 9.96. The summed E-state index contributed by atoms with van der Waals surface area (Å²) in [6.07, 6.45) is -11.8. The Morgan fingerprint density at radius 2 is 1.00 bits per heavy atom. The Balaban J connectivity index is 2.80. The highest BCUT2D eigenvalue weighted by molar-refractivity contribution is 4.87. The van der Waals surface area contributed by atoms with Crippen LogP contribution in [0.25, 0.3) is 0 Å². The van der Waals surface area contributed by atoms with Crippen molar-refractivity contribution in [2.24, 2.45) is 5.92 Å². The van der Waals surface area contributed by atoms with Gasteiger partial charge in [-0.25, -0.2) is 0 Å². The lowest BCUT2D eigenvalue weighted by Crippen LogP contribution is -2.54. The van der Waals surface area contributed by atoms with E-state index in [1.165, 1.54) is 0 Å². The molecule has 0 aromatic carbocycles. The highest BCUT2D eigenvalue weighted by Gasteiger charge is 2.34. The molecule has 0 unspecified atom stereocenters. The minimum Gasteiger partial charge on any atom is -0.394 e. The molecule has 0 saturated carbocycles. The van der Waals surface area contributed by atoms with Crippen LogP contribution in [0, 0.1) is 5.92 Å². The lowest BCUT2D eigenvalue weighted by molar-refractivity contribution is -0.131. The van der Waals surface area contributed by atoms with Gasteiger partial charge in [0.1, 0.15) is 36.6 Å². The molecule has 0 aromatic heterocycles. The first-order chi connectivity index (χ1) is 14.1. The summed E-state index contributed by atoms with van der Waals surface area (Å²) >= 11 is 0. The van der Waals surface area contributed by atoms with Gasteiger partial charge in [-0.1, -0.05) is 0 Å². The molecule has 180 valence electrons. The van der Waals surface area contributed by atoms with E-state index >= 15 is 0 Å². The average molecular weight is 443 g/mol. The molecule has 1 rings (SSSR count). The maximum Gasteiger partial charge on any atom is 0.111 e. The van der Waals surface area contributed by atoms with Crippen molar-refractivity contribution >= 4 is 0 Å². The molecule has 1 saturated heterocycles. The average Bonchev–Trinajstić information content (AvgIpc) is 2.76. The van der Waals surface area contributed by atoms with E-state index < -0.39 is 62.0 Å². The van der Waals surface area contributed by atoms with Crippen LogP contribution >= 0.6 is 0 Å². The topological polar surface area (TPSA) is 218 Å². The SMILES string of the molecule is OC[C@@H](O)[C@@H](O)[C@H](O)[C@@H](O)CN(CC1CCNCC1)C[C@H](O)[C@@H](O)[C@H](O)[C@H](O)CO. The zero-order valence-electron chi connectivity index (χ0n) is 17.0. The third kappa shape index (κ3) is 8.57. The predicted molar refractivity (Wildman–Crippen MR) is 104 cm³/mol. The number of hydrogen-bond acceptors (Lipinski definition) is 12. The van der Waals surface area contributed by atoms with E-state index in [2.05, 4.69) is 5.32 Å². The first-order valence-electron chi connectivity index (χ1n) is 10.2. The Morgan fingerprint density at radius 3 is 1.37 bits per heavy atom. The third-order valence-corrected chi connectivity index (χ3v) is 5.52. The molecule has 0 aliphatic carbocycles. The van der Waals surface area contributed by atoms with Crippen molar-refractivity contribution < 1.29 is 51.1 Å². The molecule has 1 fully saturated rings. The maximum atomic E-state index is 10.3. The highest BCUT2D eigenvalue weighted by atomic mass is 16.4. The predicted octanol–water partition coefficient (Wildman–Crippen LogP) is -5.84. The van der Waals surface area contributed by atoms with Crippen LogP contribution in [0.4, 0.5) is 0 Å². The Labute approximate surface area is 175 Å². The van der Waals surface area contributed by atoms with Crippen LogP contribution in [0.5, 0.6) is 0 Å². The summed E-state index contributed by atoms with van der Waals surface area (Å²) in [6, 6.07) is 0. The smallest absolute Gasteiger partial charge is 0.111 e. The fourth-order valence-electron chi connectivity index (χ4n) is 3.52. The molecule has 0 bridgehead atoms. The van der Waals surface area contributed by atoms with Gasteiger partial charge in [0.05, 0.1) is 25.4 Å². The lowest BCUT2D eigenvalue weighted by Gasteiger charge is -2.36. The summed E-state index contributed by atoms with van der Waals surface area (Å²) in [5, 5.41) is 100. The number of aliphatic hydroxyl groups excluding tert-OH is 10. The summed E-state index contributed by atoms with van der Waals surface area (Å²) in [4.78, 5) is 1.55. The fraction of sp³-hybridized carbons (Fsp3) is 1.00. The van der Waals surface area contributed by atoms with Gasteiger partial charge < -0.3 is 56.4 Å².